The molecule has 3 nitrogen and oxygen atoms in total. The van der Waals surface area contributed by atoms with E-state index in [1.54, 1.807) is 0 Å². The summed E-state index contributed by atoms with van der Waals surface area (Å²) in [5.74, 6) is 0. The van der Waals surface area contributed by atoms with Gasteiger partial charge in [-0.05, 0) is 43.4 Å². The zero-order valence-corrected chi connectivity index (χ0v) is 9.37. The van der Waals surface area contributed by atoms with Gasteiger partial charge in [0.15, 0.2) is 5.15 Å². The summed E-state index contributed by atoms with van der Waals surface area (Å²) in [5.41, 5.74) is 1.72. The fraction of sp³-hybridized carbons (Fsp3) is 0.636. The summed E-state index contributed by atoms with van der Waals surface area (Å²) >= 11 is 5.70. The first-order chi connectivity index (χ1) is 7.26. The maximum absolute atomic E-state index is 5.70. The average molecular weight is 224 g/mol. The summed E-state index contributed by atoms with van der Waals surface area (Å²) in [5, 5.41) is 8.42. The van der Waals surface area contributed by atoms with Crippen LogP contribution < -0.4 is 0 Å². The Balaban J connectivity index is 1.63. The quantitative estimate of drug-likeness (QED) is 0.769. The van der Waals surface area contributed by atoms with Crippen LogP contribution in [0, 0.1) is 5.41 Å². The van der Waals surface area contributed by atoms with Crippen molar-refractivity contribution < 1.29 is 0 Å². The second-order valence-electron chi connectivity index (χ2n) is 4.81. The maximum atomic E-state index is 5.70. The third-order valence-electron chi connectivity index (χ3n) is 3.55. The van der Waals surface area contributed by atoms with E-state index in [-0.39, 0.29) is 0 Å². The predicted octanol–water partition coefficient (Wildman–Crippen LogP) is 2.12. The lowest BCUT2D eigenvalue weighted by molar-refractivity contribution is 0.307. The first kappa shape index (κ1) is 9.55. The average Bonchev–Trinajstić information content (AvgIpc) is 2.86. The van der Waals surface area contributed by atoms with Gasteiger partial charge in [-0.25, -0.2) is 0 Å². The van der Waals surface area contributed by atoms with E-state index >= 15 is 0 Å². The van der Waals surface area contributed by atoms with Crippen molar-refractivity contribution in [2.45, 2.75) is 25.8 Å². The van der Waals surface area contributed by atoms with Crippen molar-refractivity contribution in [3.8, 4) is 0 Å². The number of hydrogen-bond acceptors (Lipinski definition) is 3. The molecule has 3 rings (SSSR count). The van der Waals surface area contributed by atoms with Crippen LogP contribution in [0.1, 0.15) is 25.0 Å². The highest BCUT2D eigenvalue weighted by atomic mass is 35.5. The fourth-order valence-electron chi connectivity index (χ4n) is 2.40. The van der Waals surface area contributed by atoms with E-state index in [1.807, 2.05) is 12.1 Å². The van der Waals surface area contributed by atoms with Crippen LogP contribution in [0.5, 0.6) is 0 Å². The lowest BCUT2D eigenvalue weighted by Gasteiger charge is -2.14. The van der Waals surface area contributed by atoms with E-state index in [2.05, 4.69) is 15.1 Å². The van der Waals surface area contributed by atoms with Crippen molar-refractivity contribution in [1.82, 2.24) is 15.1 Å². The van der Waals surface area contributed by atoms with Gasteiger partial charge in [-0.3, -0.25) is 4.90 Å². The van der Waals surface area contributed by atoms with Crippen molar-refractivity contribution in [3.63, 3.8) is 0 Å². The number of rotatable bonds is 2. The molecule has 1 saturated heterocycles. The number of hydrogen-bond donors (Lipinski definition) is 0. The van der Waals surface area contributed by atoms with E-state index < -0.39 is 0 Å². The number of likely N-dealkylation sites (tertiary alicyclic amines) is 1. The zero-order valence-electron chi connectivity index (χ0n) is 8.62. The fourth-order valence-corrected chi connectivity index (χ4v) is 2.51. The largest absolute Gasteiger partial charge is 0.297 e. The maximum Gasteiger partial charge on any atom is 0.151 e. The molecule has 0 radical (unpaired) electrons. The van der Waals surface area contributed by atoms with Gasteiger partial charge in [0.1, 0.15) is 0 Å². The monoisotopic (exact) mass is 223 g/mol. The molecule has 0 bridgehead atoms. The molecule has 0 atom stereocenters. The summed E-state index contributed by atoms with van der Waals surface area (Å²) in [6, 6.07) is 3.78. The lowest BCUT2D eigenvalue weighted by Crippen LogP contribution is -2.21. The van der Waals surface area contributed by atoms with E-state index in [1.165, 1.54) is 32.4 Å². The highest BCUT2D eigenvalue weighted by Gasteiger charge is 2.47. The van der Waals surface area contributed by atoms with Crippen LogP contribution >= 0.6 is 11.6 Å². The van der Waals surface area contributed by atoms with Crippen LogP contribution in [0.3, 0.4) is 0 Å². The Hall–Kier alpha value is -0.670. The first-order valence-corrected chi connectivity index (χ1v) is 5.84. The molecular formula is C11H14ClN3. The molecule has 0 aromatic carbocycles. The highest BCUT2D eigenvalue weighted by molar-refractivity contribution is 6.29. The summed E-state index contributed by atoms with van der Waals surface area (Å²) in [6.45, 7) is 3.38. The van der Waals surface area contributed by atoms with Gasteiger partial charge in [0.05, 0.1) is 5.69 Å². The minimum absolute atomic E-state index is 0.471. The van der Waals surface area contributed by atoms with Crippen LogP contribution in [-0.2, 0) is 6.54 Å². The Morgan fingerprint density at radius 3 is 2.73 bits per heavy atom. The molecule has 2 heterocycles. The summed E-state index contributed by atoms with van der Waals surface area (Å²) in [6.07, 6.45) is 4.22. The van der Waals surface area contributed by atoms with Crippen molar-refractivity contribution in [3.05, 3.63) is 23.0 Å². The van der Waals surface area contributed by atoms with Gasteiger partial charge >= 0.3 is 0 Å². The van der Waals surface area contributed by atoms with Crippen molar-refractivity contribution in [2.24, 2.45) is 5.41 Å². The molecule has 1 aromatic rings. The molecule has 1 aliphatic heterocycles. The first-order valence-electron chi connectivity index (χ1n) is 5.46. The van der Waals surface area contributed by atoms with E-state index in [4.69, 9.17) is 11.6 Å². The smallest absolute Gasteiger partial charge is 0.151 e. The molecule has 1 aromatic heterocycles. The van der Waals surface area contributed by atoms with Crippen LogP contribution in [0.4, 0.5) is 0 Å². The molecule has 1 spiro atoms. The van der Waals surface area contributed by atoms with Crippen molar-refractivity contribution in [1.29, 1.82) is 0 Å². The van der Waals surface area contributed by atoms with Crippen molar-refractivity contribution >= 4 is 11.6 Å². The Kier molecular flexibility index (Phi) is 2.18. The topological polar surface area (TPSA) is 29.0 Å². The number of nitrogens with zero attached hydrogens (tertiary/aromatic N) is 3. The second-order valence-corrected chi connectivity index (χ2v) is 5.20. The lowest BCUT2D eigenvalue weighted by atomic mass is 10.1. The van der Waals surface area contributed by atoms with Crippen molar-refractivity contribution in [2.75, 3.05) is 13.1 Å². The van der Waals surface area contributed by atoms with Gasteiger partial charge in [0.2, 0.25) is 0 Å². The standard InChI is InChI=1S/C11H14ClN3/c12-10-2-1-9(13-14-10)7-15-6-5-11(8-15)3-4-11/h1-2H,3-8H2. The van der Waals surface area contributed by atoms with Gasteiger partial charge in [-0.15, -0.1) is 5.10 Å². The van der Waals surface area contributed by atoms with Gasteiger partial charge in [0.25, 0.3) is 0 Å². The molecule has 15 heavy (non-hydrogen) atoms. The molecule has 0 N–H and O–H groups in total. The SMILES string of the molecule is Clc1ccc(CN2CCC3(CC3)C2)nn1. The van der Waals surface area contributed by atoms with E-state index in [9.17, 15) is 0 Å². The van der Waals surface area contributed by atoms with Gasteiger partial charge in [-0.1, -0.05) is 11.6 Å². The minimum Gasteiger partial charge on any atom is -0.297 e. The molecule has 1 saturated carbocycles. The molecule has 0 unspecified atom stereocenters. The molecule has 80 valence electrons. The zero-order chi connectivity index (χ0) is 10.3. The third kappa shape index (κ3) is 1.99. The second kappa shape index (κ2) is 3.42. The van der Waals surface area contributed by atoms with Gasteiger partial charge < -0.3 is 0 Å². The Morgan fingerprint density at radius 1 is 1.27 bits per heavy atom. The molecule has 2 fully saturated rings. The van der Waals surface area contributed by atoms with Gasteiger partial charge in [0, 0.05) is 13.1 Å². The molecule has 4 heteroatoms. The third-order valence-corrected chi connectivity index (χ3v) is 3.75. The van der Waals surface area contributed by atoms with Crippen LogP contribution in [0.25, 0.3) is 0 Å². The Morgan fingerprint density at radius 2 is 2.13 bits per heavy atom. The highest BCUT2D eigenvalue weighted by Crippen LogP contribution is 2.52. The molecular weight excluding hydrogens is 210 g/mol. The molecule has 0 amide bonds. The minimum atomic E-state index is 0.471. The summed E-state index contributed by atoms with van der Waals surface area (Å²) in [7, 11) is 0. The number of halogens is 1. The number of aromatic nitrogens is 2. The Bertz CT molecular complexity index is 359. The van der Waals surface area contributed by atoms with Gasteiger partial charge in [-0.2, -0.15) is 5.10 Å². The summed E-state index contributed by atoms with van der Waals surface area (Å²) in [4.78, 5) is 2.48. The summed E-state index contributed by atoms with van der Waals surface area (Å²) < 4.78 is 0. The predicted molar refractivity (Wildman–Crippen MR) is 58.6 cm³/mol. The van der Waals surface area contributed by atoms with E-state index in [0.29, 0.717) is 10.6 Å². The Labute approximate surface area is 94.4 Å². The normalized spacial score (nSPS) is 23.5. The molecule has 1 aliphatic carbocycles. The van der Waals surface area contributed by atoms with Crippen LogP contribution in [0.2, 0.25) is 5.15 Å². The van der Waals surface area contributed by atoms with Crippen LogP contribution in [-0.4, -0.2) is 28.2 Å². The van der Waals surface area contributed by atoms with E-state index in [0.717, 1.165) is 12.2 Å². The molecule has 2 aliphatic rings. The van der Waals surface area contributed by atoms with Crippen LogP contribution in [0.15, 0.2) is 12.1 Å².